The molecule has 0 N–H and O–H groups in total. The fourth-order valence-electron chi connectivity index (χ4n) is 0.883. The maximum absolute atomic E-state index is 12.5. The highest BCUT2D eigenvalue weighted by atomic mass is 35.5. The van der Waals surface area contributed by atoms with Crippen molar-refractivity contribution in [3.8, 4) is 0 Å². The lowest BCUT2D eigenvalue weighted by atomic mass is 10.4. The molecule has 0 spiro atoms. The fraction of sp³-hybridized carbons (Fsp3) is 0.375. The maximum atomic E-state index is 12.5. The predicted molar refractivity (Wildman–Crippen MR) is 58.9 cm³/mol. The molecule has 0 atom stereocenters. The van der Waals surface area contributed by atoms with Crippen LogP contribution in [-0.2, 0) is 7.05 Å². The molecule has 1 rings (SSSR count). The number of aromatic nitrogens is 2. The number of hydrogen-bond donors (Lipinski definition) is 0. The molecule has 0 aromatic carbocycles. The van der Waals surface area contributed by atoms with Crippen molar-refractivity contribution in [3.63, 3.8) is 0 Å². The standard InChI is InChI=1S/C8H7Cl2F3N2S/c1-15-6(10)5(9)14-8(15)16-3-2-4(11)7(12)13/h2-3H2,1H3. The third-order valence-electron chi connectivity index (χ3n) is 1.70. The van der Waals surface area contributed by atoms with E-state index < -0.39 is 11.9 Å². The number of halogens is 5. The van der Waals surface area contributed by atoms with Gasteiger partial charge in [0.2, 0.25) is 0 Å². The first-order chi connectivity index (χ1) is 7.43. The van der Waals surface area contributed by atoms with Gasteiger partial charge in [0.1, 0.15) is 5.15 Å². The lowest BCUT2D eigenvalue weighted by Crippen LogP contribution is -1.92. The van der Waals surface area contributed by atoms with Crippen LogP contribution in [0.4, 0.5) is 13.2 Å². The smallest absolute Gasteiger partial charge is 0.301 e. The quantitative estimate of drug-likeness (QED) is 0.770. The van der Waals surface area contributed by atoms with E-state index in [1.54, 1.807) is 7.05 Å². The molecule has 0 aliphatic heterocycles. The summed E-state index contributed by atoms with van der Waals surface area (Å²) in [6.45, 7) is 0. The van der Waals surface area contributed by atoms with Gasteiger partial charge >= 0.3 is 6.08 Å². The zero-order valence-corrected chi connectivity index (χ0v) is 10.4. The average molecular weight is 291 g/mol. The minimum atomic E-state index is -2.28. The second-order valence-electron chi connectivity index (χ2n) is 2.80. The van der Waals surface area contributed by atoms with Crippen LogP contribution in [0.5, 0.6) is 0 Å². The summed E-state index contributed by atoms with van der Waals surface area (Å²) in [5.41, 5.74) is 0. The molecule has 0 bridgehead atoms. The van der Waals surface area contributed by atoms with Gasteiger partial charge in [0.05, 0.1) is 0 Å². The summed E-state index contributed by atoms with van der Waals surface area (Å²) in [4.78, 5) is 3.88. The van der Waals surface area contributed by atoms with Gasteiger partial charge in [-0.2, -0.15) is 8.78 Å². The first-order valence-electron chi connectivity index (χ1n) is 4.13. The van der Waals surface area contributed by atoms with Crippen molar-refractivity contribution in [1.82, 2.24) is 9.55 Å². The summed E-state index contributed by atoms with van der Waals surface area (Å²) in [5, 5.41) is 0.860. The van der Waals surface area contributed by atoms with Gasteiger partial charge in [0.25, 0.3) is 0 Å². The number of allylic oxidation sites excluding steroid dienone is 1. The first kappa shape index (κ1) is 13.7. The number of nitrogens with zero attached hydrogens (tertiary/aromatic N) is 2. The highest BCUT2D eigenvalue weighted by Crippen LogP contribution is 2.28. The summed E-state index contributed by atoms with van der Waals surface area (Å²) in [5.74, 6) is -1.26. The zero-order chi connectivity index (χ0) is 12.3. The number of imidazole rings is 1. The molecular formula is C8H7Cl2F3N2S. The topological polar surface area (TPSA) is 17.8 Å². The van der Waals surface area contributed by atoms with Crippen molar-refractivity contribution < 1.29 is 13.2 Å². The number of hydrogen-bond acceptors (Lipinski definition) is 2. The van der Waals surface area contributed by atoms with E-state index >= 15 is 0 Å². The number of thioether (sulfide) groups is 1. The van der Waals surface area contributed by atoms with Gasteiger partial charge in [-0.05, 0) is 0 Å². The molecule has 0 amide bonds. The van der Waals surface area contributed by atoms with Crippen LogP contribution in [0, 0.1) is 0 Å². The SMILES string of the molecule is Cn1c(SCCC(F)=C(F)F)nc(Cl)c1Cl. The van der Waals surface area contributed by atoms with Crippen LogP contribution in [0.25, 0.3) is 0 Å². The van der Waals surface area contributed by atoms with Crippen LogP contribution in [0.15, 0.2) is 17.1 Å². The van der Waals surface area contributed by atoms with Gasteiger partial charge in [-0.15, -0.1) is 0 Å². The van der Waals surface area contributed by atoms with Crippen LogP contribution in [-0.4, -0.2) is 15.3 Å². The second-order valence-corrected chi connectivity index (χ2v) is 4.58. The lowest BCUT2D eigenvalue weighted by Gasteiger charge is -2.00. The molecule has 0 fully saturated rings. The van der Waals surface area contributed by atoms with E-state index in [0.29, 0.717) is 5.16 Å². The Morgan fingerprint density at radius 3 is 2.44 bits per heavy atom. The van der Waals surface area contributed by atoms with Crippen LogP contribution >= 0.6 is 35.0 Å². The highest BCUT2D eigenvalue weighted by molar-refractivity contribution is 7.99. The van der Waals surface area contributed by atoms with Gasteiger partial charge in [-0.3, -0.25) is 0 Å². The molecule has 1 aromatic rings. The normalized spacial score (nSPS) is 10.6. The van der Waals surface area contributed by atoms with Crippen molar-refractivity contribution in [2.45, 2.75) is 11.6 Å². The van der Waals surface area contributed by atoms with Crippen molar-refractivity contribution in [2.24, 2.45) is 7.05 Å². The number of rotatable bonds is 4. The Kier molecular flexibility index (Phi) is 5.01. The first-order valence-corrected chi connectivity index (χ1v) is 5.87. The van der Waals surface area contributed by atoms with Crippen LogP contribution in [0.2, 0.25) is 10.3 Å². The molecule has 0 unspecified atom stereocenters. The van der Waals surface area contributed by atoms with Gasteiger partial charge < -0.3 is 4.57 Å². The summed E-state index contributed by atoms with van der Waals surface area (Å²) in [6, 6.07) is 0. The Bertz CT molecular complexity index is 416. The van der Waals surface area contributed by atoms with E-state index in [9.17, 15) is 13.2 Å². The molecule has 1 heterocycles. The van der Waals surface area contributed by atoms with Crippen molar-refractivity contribution in [2.75, 3.05) is 5.75 Å². The molecule has 0 radical (unpaired) electrons. The van der Waals surface area contributed by atoms with Crippen LogP contribution in [0.3, 0.4) is 0 Å². The van der Waals surface area contributed by atoms with E-state index in [4.69, 9.17) is 23.2 Å². The van der Waals surface area contributed by atoms with E-state index in [1.807, 2.05) is 0 Å². The fourth-order valence-corrected chi connectivity index (χ4v) is 2.22. The highest BCUT2D eigenvalue weighted by Gasteiger charge is 2.12. The second kappa shape index (κ2) is 5.84. The molecule has 8 heteroatoms. The molecule has 2 nitrogen and oxygen atoms in total. The van der Waals surface area contributed by atoms with E-state index in [-0.39, 0.29) is 22.5 Å². The van der Waals surface area contributed by atoms with Gasteiger partial charge in [0, 0.05) is 19.2 Å². The molecule has 90 valence electrons. The summed E-state index contributed by atoms with van der Waals surface area (Å²) < 4.78 is 37.4. The van der Waals surface area contributed by atoms with Crippen molar-refractivity contribution >= 4 is 35.0 Å². The molecule has 0 saturated carbocycles. The van der Waals surface area contributed by atoms with E-state index in [2.05, 4.69) is 4.98 Å². The Balaban J connectivity index is 2.56. The monoisotopic (exact) mass is 290 g/mol. The van der Waals surface area contributed by atoms with E-state index in [1.165, 1.54) is 4.57 Å². The zero-order valence-electron chi connectivity index (χ0n) is 8.11. The largest absolute Gasteiger partial charge is 0.312 e. The molecule has 0 aliphatic rings. The summed E-state index contributed by atoms with van der Waals surface area (Å²) in [6.07, 6.45) is -2.63. The Labute approximate surface area is 104 Å². The van der Waals surface area contributed by atoms with Crippen LogP contribution in [0.1, 0.15) is 6.42 Å². The summed E-state index contributed by atoms with van der Waals surface area (Å²) >= 11 is 12.5. The van der Waals surface area contributed by atoms with Crippen molar-refractivity contribution in [1.29, 1.82) is 0 Å². The molecule has 1 aromatic heterocycles. The van der Waals surface area contributed by atoms with Gasteiger partial charge in [0.15, 0.2) is 16.1 Å². The Morgan fingerprint density at radius 2 is 2.00 bits per heavy atom. The lowest BCUT2D eigenvalue weighted by molar-refractivity contribution is 0.373. The molecule has 0 aliphatic carbocycles. The maximum Gasteiger partial charge on any atom is 0.301 e. The molecule has 16 heavy (non-hydrogen) atoms. The molecular weight excluding hydrogens is 284 g/mol. The van der Waals surface area contributed by atoms with Gasteiger partial charge in [-0.25, -0.2) is 9.37 Å². The predicted octanol–water partition coefficient (Wildman–Crippen LogP) is 4.29. The van der Waals surface area contributed by atoms with E-state index in [0.717, 1.165) is 11.8 Å². The third kappa shape index (κ3) is 3.33. The minimum absolute atomic E-state index is 0.138. The molecule has 0 saturated heterocycles. The summed E-state index contributed by atoms with van der Waals surface area (Å²) in [7, 11) is 1.63. The minimum Gasteiger partial charge on any atom is -0.312 e. The Hall–Kier alpha value is -0.330. The average Bonchev–Trinajstić information content (AvgIpc) is 2.46. The van der Waals surface area contributed by atoms with Gasteiger partial charge in [-0.1, -0.05) is 35.0 Å². The van der Waals surface area contributed by atoms with Crippen LogP contribution < -0.4 is 0 Å². The Morgan fingerprint density at radius 1 is 1.38 bits per heavy atom. The van der Waals surface area contributed by atoms with Crippen molar-refractivity contribution in [3.05, 3.63) is 22.2 Å². The third-order valence-corrected chi connectivity index (χ3v) is 3.53.